The summed E-state index contributed by atoms with van der Waals surface area (Å²) in [7, 11) is 1.69. The number of rotatable bonds is 5. The summed E-state index contributed by atoms with van der Waals surface area (Å²) < 4.78 is 10.5. The lowest BCUT2D eigenvalue weighted by Crippen LogP contribution is -2.36. The van der Waals surface area contributed by atoms with E-state index in [2.05, 4.69) is 15.7 Å². The molecule has 1 aliphatic rings. The van der Waals surface area contributed by atoms with Crippen LogP contribution < -0.4 is 5.32 Å². The van der Waals surface area contributed by atoms with Crippen molar-refractivity contribution < 1.29 is 9.47 Å². The fourth-order valence-electron chi connectivity index (χ4n) is 1.77. The normalized spacial score (nSPS) is 21.2. The van der Waals surface area contributed by atoms with Gasteiger partial charge in [-0.2, -0.15) is 0 Å². The largest absolute Gasteiger partial charge is 0.380 e. The average Bonchev–Trinajstić information content (AvgIpc) is 2.76. The van der Waals surface area contributed by atoms with Crippen LogP contribution in [0.15, 0.2) is 5.38 Å². The minimum absolute atomic E-state index is 0.487. The van der Waals surface area contributed by atoms with Gasteiger partial charge >= 0.3 is 0 Å². The number of ether oxygens (including phenoxy) is 2. The highest BCUT2D eigenvalue weighted by atomic mass is 32.1. The van der Waals surface area contributed by atoms with Gasteiger partial charge in [0.25, 0.3) is 0 Å². The topological polar surface area (TPSA) is 43.4 Å². The lowest BCUT2D eigenvalue weighted by atomic mass is 10.1. The molecule has 1 fully saturated rings. The molecule has 0 spiro atoms. The molecule has 0 aromatic carbocycles. The SMILES string of the molecule is COCc1nc(CNC2CCCOC2)cs1. The Bertz CT molecular complexity index is 311. The summed E-state index contributed by atoms with van der Waals surface area (Å²) in [6, 6.07) is 0.487. The van der Waals surface area contributed by atoms with Gasteiger partial charge in [-0.15, -0.1) is 11.3 Å². The van der Waals surface area contributed by atoms with E-state index in [0.717, 1.165) is 36.9 Å². The van der Waals surface area contributed by atoms with E-state index in [1.165, 1.54) is 6.42 Å². The van der Waals surface area contributed by atoms with Crippen LogP contribution in [-0.2, 0) is 22.6 Å². The first kappa shape index (κ1) is 12.0. The Morgan fingerprint density at radius 1 is 1.69 bits per heavy atom. The maximum Gasteiger partial charge on any atom is 0.119 e. The van der Waals surface area contributed by atoms with Gasteiger partial charge in [0.05, 0.1) is 18.9 Å². The molecule has 1 saturated heterocycles. The molecule has 1 aliphatic heterocycles. The summed E-state index contributed by atoms with van der Waals surface area (Å²) in [4.78, 5) is 4.47. The minimum atomic E-state index is 0.487. The smallest absolute Gasteiger partial charge is 0.119 e. The van der Waals surface area contributed by atoms with Crippen molar-refractivity contribution in [2.75, 3.05) is 20.3 Å². The van der Waals surface area contributed by atoms with E-state index in [9.17, 15) is 0 Å². The second-order valence-electron chi connectivity index (χ2n) is 3.96. The van der Waals surface area contributed by atoms with Crippen molar-refractivity contribution in [1.29, 1.82) is 0 Å². The molecule has 16 heavy (non-hydrogen) atoms. The Balaban J connectivity index is 1.75. The Morgan fingerprint density at radius 2 is 2.62 bits per heavy atom. The van der Waals surface area contributed by atoms with Crippen LogP contribution in [0.3, 0.4) is 0 Å². The third-order valence-electron chi connectivity index (χ3n) is 2.60. The zero-order chi connectivity index (χ0) is 11.2. The van der Waals surface area contributed by atoms with E-state index in [1.807, 2.05) is 0 Å². The van der Waals surface area contributed by atoms with Gasteiger partial charge in [0, 0.05) is 31.7 Å². The van der Waals surface area contributed by atoms with Crippen molar-refractivity contribution >= 4 is 11.3 Å². The molecule has 0 bridgehead atoms. The minimum Gasteiger partial charge on any atom is -0.380 e. The van der Waals surface area contributed by atoms with Gasteiger partial charge in [0.1, 0.15) is 5.01 Å². The van der Waals surface area contributed by atoms with Gasteiger partial charge in [0.2, 0.25) is 0 Å². The number of methoxy groups -OCH3 is 1. The van der Waals surface area contributed by atoms with Gasteiger partial charge in [0.15, 0.2) is 0 Å². The molecule has 0 aliphatic carbocycles. The molecule has 0 amide bonds. The molecule has 2 heterocycles. The Hall–Kier alpha value is -0.490. The van der Waals surface area contributed by atoms with Gasteiger partial charge in [-0.1, -0.05) is 0 Å². The summed E-state index contributed by atoms with van der Waals surface area (Å²) in [6.07, 6.45) is 2.36. The molecular weight excluding hydrogens is 224 g/mol. The van der Waals surface area contributed by atoms with Crippen molar-refractivity contribution in [1.82, 2.24) is 10.3 Å². The van der Waals surface area contributed by atoms with Crippen LogP contribution in [0.1, 0.15) is 23.5 Å². The summed E-state index contributed by atoms with van der Waals surface area (Å²) in [5, 5.41) is 6.60. The van der Waals surface area contributed by atoms with E-state index in [4.69, 9.17) is 9.47 Å². The van der Waals surface area contributed by atoms with Crippen molar-refractivity contribution in [2.24, 2.45) is 0 Å². The van der Waals surface area contributed by atoms with Crippen molar-refractivity contribution in [3.8, 4) is 0 Å². The number of nitrogens with zero attached hydrogens (tertiary/aromatic N) is 1. The highest BCUT2D eigenvalue weighted by molar-refractivity contribution is 7.09. The predicted octanol–water partition coefficient (Wildman–Crippen LogP) is 1.56. The van der Waals surface area contributed by atoms with Crippen molar-refractivity contribution in [3.05, 3.63) is 16.1 Å². The standard InChI is InChI=1S/C11H18N2O2S/c1-14-7-11-13-10(8-16-11)5-12-9-3-2-4-15-6-9/h8-9,12H,2-7H2,1H3. The molecular formula is C11H18N2O2S. The second kappa shape index (κ2) is 6.30. The predicted molar refractivity (Wildman–Crippen MR) is 63.5 cm³/mol. The van der Waals surface area contributed by atoms with E-state index < -0.39 is 0 Å². The zero-order valence-electron chi connectivity index (χ0n) is 9.57. The number of thiazole rings is 1. The Labute approximate surface area is 100.0 Å². The molecule has 0 saturated carbocycles. The Morgan fingerprint density at radius 3 is 3.38 bits per heavy atom. The monoisotopic (exact) mass is 242 g/mol. The Kier molecular flexibility index (Phi) is 4.71. The van der Waals surface area contributed by atoms with E-state index in [1.54, 1.807) is 18.4 Å². The van der Waals surface area contributed by atoms with Gasteiger partial charge in [-0.3, -0.25) is 0 Å². The molecule has 1 aromatic heterocycles. The van der Waals surface area contributed by atoms with Gasteiger partial charge in [-0.25, -0.2) is 4.98 Å². The maximum absolute atomic E-state index is 5.41. The molecule has 2 rings (SSSR count). The number of hydrogen-bond donors (Lipinski definition) is 1. The quantitative estimate of drug-likeness (QED) is 0.851. The number of aromatic nitrogens is 1. The average molecular weight is 242 g/mol. The summed E-state index contributed by atoms with van der Waals surface area (Å²) in [6.45, 7) is 3.17. The molecule has 1 N–H and O–H groups in total. The van der Waals surface area contributed by atoms with Gasteiger partial charge in [-0.05, 0) is 12.8 Å². The molecule has 0 radical (unpaired) electrons. The van der Waals surface area contributed by atoms with Crippen LogP contribution in [0.4, 0.5) is 0 Å². The van der Waals surface area contributed by atoms with Crippen LogP contribution in [0.5, 0.6) is 0 Å². The van der Waals surface area contributed by atoms with Gasteiger partial charge < -0.3 is 14.8 Å². The molecule has 5 heteroatoms. The van der Waals surface area contributed by atoms with Crippen LogP contribution in [0.25, 0.3) is 0 Å². The summed E-state index contributed by atoms with van der Waals surface area (Å²) >= 11 is 1.65. The molecule has 1 atom stereocenters. The highest BCUT2D eigenvalue weighted by Crippen LogP contribution is 2.12. The van der Waals surface area contributed by atoms with Crippen LogP contribution in [0.2, 0.25) is 0 Å². The fraction of sp³-hybridized carbons (Fsp3) is 0.727. The molecule has 4 nitrogen and oxygen atoms in total. The zero-order valence-corrected chi connectivity index (χ0v) is 10.4. The van der Waals surface area contributed by atoms with Crippen molar-refractivity contribution in [3.63, 3.8) is 0 Å². The van der Waals surface area contributed by atoms with E-state index >= 15 is 0 Å². The first-order valence-electron chi connectivity index (χ1n) is 5.62. The molecule has 1 unspecified atom stereocenters. The third kappa shape index (κ3) is 3.52. The van der Waals surface area contributed by atoms with Crippen LogP contribution in [-0.4, -0.2) is 31.3 Å². The molecule has 90 valence electrons. The fourth-order valence-corrected chi connectivity index (χ4v) is 2.53. The maximum atomic E-state index is 5.41. The lowest BCUT2D eigenvalue weighted by molar-refractivity contribution is 0.0698. The first-order chi connectivity index (χ1) is 7.88. The third-order valence-corrected chi connectivity index (χ3v) is 3.47. The van der Waals surface area contributed by atoms with Crippen LogP contribution >= 0.6 is 11.3 Å². The first-order valence-corrected chi connectivity index (χ1v) is 6.50. The summed E-state index contributed by atoms with van der Waals surface area (Å²) in [5.74, 6) is 0. The second-order valence-corrected chi connectivity index (χ2v) is 4.90. The highest BCUT2D eigenvalue weighted by Gasteiger charge is 2.13. The van der Waals surface area contributed by atoms with Crippen molar-refractivity contribution in [2.45, 2.75) is 32.0 Å². The summed E-state index contributed by atoms with van der Waals surface area (Å²) in [5.41, 5.74) is 1.10. The number of nitrogens with one attached hydrogen (secondary N) is 1. The number of hydrogen-bond acceptors (Lipinski definition) is 5. The van der Waals surface area contributed by atoms with E-state index in [-0.39, 0.29) is 0 Å². The lowest BCUT2D eigenvalue weighted by Gasteiger charge is -2.22. The van der Waals surface area contributed by atoms with Crippen LogP contribution in [0, 0.1) is 0 Å². The molecule has 1 aromatic rings. The van der Waals surface area contributed by atoms with E-state index in [0.29, 0.717) is 12.6 Å².